The summed E-state index contributed by atoms with van der Waals surface area (Å²) in [6, 6.07) is 6.57. The summed E-state index contributed by atoms with van der Waals surface area (Å²) >= 11 is 0. The van der Waals surface area contributed by atoms with Crippen molar-refractivity contribution in [3.63, 3.8) is 0 Å². The molecule has 2 aliphatic heterocycles. The zero-order chi connectivity index (χ0) is 19.4. The molecule has 150 valence electrons. The van der Waals surface area contributed by atoms with Gasteiger partial charge in [0.15, 0.2) is 6.54 Å². The van der Waals surface area contributed by atoms with Gasteiger partial charge < -0.3 is 10.2 Å². The Labute approximate surface area is 163 Å². The second-order valence-electron chi connectivity index (χ2n) is 8.33. The van der Waals surface area contributed by atoms with Gasteiger partial charge in [-0.15, -0.1) is 0 Å². The maximum atomic E-state index is 12.9. The molecule has 27 heavy (non-hydrogen) atoms. The topological polar surface area (TPSA) is 70.9 Å². The number of likely N-dealkylation sites (tertiary alicyclic amines) is 1. The smallest absolute Gasteiger partial charge is 0.279 e. The molecule has 7 heteroatoms. The summed E-state index contributed by atoms with van der Waals surface area (Å²) < 4.78 is 27.4. The van der Waals surface area contributed by atoms with Crippen LogP contribution in [0.1, 0.15) is 39.5 Å². The Kier molecular flexibility index (Phi) is 6.55. The van der Waals surface area contributed by atoms with Crippen molar-refractivity contribution in [2.45, 2.75) is 44.4 Å². The van der Waals surface area contributed by atoms with Crippen LogP contribution in [0.25, 0.3) is 0 Å². The van der Waals surface area contributed by atoms with Crippen LogP contribution in [0, 0.1) is 11.8 Å². The fraction of sp³-hybridized carbons (Fsp3) is 0.650. The van der Waals surface area contributed by atoms with E-state index in [-0.39, 0.29) is 5.91 Å². The molecule has 0 unspecified atom stereocenters. The minimum Gasteiger partial charge on any atom is -0.327 e. The second kappa shape index (κ2) is 8.71. The van der Waals surface area contributed by atoms with Gasteiger partial charge in [-0.05, 0) is 61.8 Å². The van der Waals surface area contributed by atoms with E-state index in [1.165, 1.54) is 24.2 Å². The highest BCUT2D eigenvalue weighted by Gasteiger charge is 2.31. The van der Waals surface area contributed by atoms with Gasteiger partial charge in [0.25, 0.3) is 5.91 Å². The van der Waals surface area contributed by atoms with Gasteiger partial charge in [0, 0.05) is 18.8 Å². The van der Waals surface area contributed by atoms with Crippen LogP contribution < -0.4 is 10.2 Å². The highest BCUT2D eigenvalue weighted by Crippen LogP contribution is 2.27. The normalized spacial score (nSPS) is 25.3. The molecule has 2 fully saturated rings. The Morgan fingerprint density at radius 2 is 1.67 bits per heavy atom. The van der Waals surface area contributed by atoms with E-state index < -0.39 is 10.0 Å². The van der Waals surface area contributed by atoms with Gasteiger partial charge in [-0.1, -0.05) is 13.8 Å². The molecule has 2 atom stereocenters. The molecule has 0 aromatic heterocycles. The lowest BCUT2D eigenvalue weighted by Gasteiger charge is -2.34. The number of piperidine rings is 2. The molecule has 1 amide bonds. The predicted molar refractivity (Wildman–Crippen MR) is 106 cm³/mol. The van der Waals surface area contributed by atoms with Crippen LogP contribution in [0.5, 0.6) is 0 Å². The fourth-order valence-corrected chi connectivity index (χ4v) is 6.00. The summed E-state index contributed by atoms with van der Waals surface area (Å²) in [5.74, 6) is 0.736. The third kappa shape index (κ3) is 5.30. The first-order valence-corrected chi connectivity index (χ1v) is 11.5. The van der Waals surface area contributed by atoms with Gasteiger partial charge in [-0.2, -0.15) is 4.31 Å². The molecule has 0 radical (unpaired) electrons. The first kappa shape index (κ1) is 20.3. The molecular formula is C20H32N3O3S+. The molecule has 0 spiro atoms. The summed E-state index contributed by atoms with van der Waals surface area (Å²) in [4.78, 5) is 13.8. The summed E-state index contributed by atoms with van der Waals surface area (Å²) in [5, 5.41) is 2.89. The number of amides is 1. The van der Waals surface area contributed by atoms with Crippen LogP contribution in [0.15, 0.2) is 29.2 Å². The van der Waals surface area contributed by atoms with E-state index in [0.717, 1.165) is 19.5 Å². The number of quaternary nitrogens is 1. The van der Waals surface area contributed by atoms with Crippen LogP contribution >= 0.6 is 0 Å². The standard InChI is InChI=1S/C20H31N3O3S/c1-16-12-17(2)14-23(13-16)27(25,26)19-8-6-18(7-9-19)21-20(24)15-22-10-4-3-5-11-22/h6-9,16-17H,3-5,10-15H2,1-2H3,(H,21,24)/p+1/t16-,17-/m1/s1. The molecule has 0 saturated carbocycles. The number of nitrogens with zero attached hydrogens (tertiary/aromatic N) is 1. The third-order valence-corrected chi connectivity index (χ3v) is 7.43. The van der Waals surface area contributed by atoms with E-state index in [2.05, 4.69) is 19.2 Å². The third-order valence-electron chi connectivity index (χ3n) is 5.58. The molecule has 3 rings (SSSR count). The maximum Gasteiger partial charge on any atom is 0.279 e. The van der Waals surface area contributed by atoms with Crippen LogP contribution in [-0.2, 0) is 14.8 Å². The summed E-state index contributed by atoms with van der Waals surface area (Å²) in [6.45, 7) is 7.92. The number of carbonyl (C=O) groups is 1. The first-order chi connectivity index (χ1) is 12.8. The minimum atomic E-state index is -3.48. The maximum absolute atomic E-state index is 12.9. The molecule has 2 heterocycles. The first-order valence-electron chi connectivity index (χ1n) is 10.1. The van der Waals surface area contributed by atoms with E-state index >= 15 is 0 Å². The van der Waals surface area contributed by atoms with Crippen molar-refractivity contribution < 1.29 is 18.1 Å². The fourth-order valence-electron chi connectivity index (χ4n) is 4.32. The van der Waals surface area contributed by atoms with Crippen molar-refractivity contribution >= 4 is 21.6 Å². The largest absolute Gasteiger partial charge is 0.327 e. The molecule has 0 aliphatic carbocycles. The number of carbonyl (C=O) groups excluding carboxylic acids is 1. The molecule has 0 bridgehead atoms. The molecule has 6 nitrogen and oxygen atoms in total. The summed E-state index contributed by atoms with van der Waals surface area (Å²) in [6.07, 6.45) is 4.69. The Hall–Kier alpha value is -1.44. The van der Waals surface area contributed by atoms with Gasteiger partial charge in [0.2, 0.25) is 10.0 Å². The summed E-state index contributed by atoms with van der Waals surface area (Å²) in [5.41, 5.74) is 0.649. The predicted octanol–water partition coefficient (Wildman–Crippen LogP) is 1.36. The quantitative estimate of drug-likeness (QED) is 0.792. The Morgan fingerprint density at radius 3 is 2.26 bits per heavy atom. The van der Waals surface area contributed by atoms with E-state index in [0.29, 0.717) is 42.1 Å². The van der Waals surface area contributed by atoms with Gasteiger partial charge >= 0.3 is 0 Å². The number of hydrogen-bond donors (Lipinski definition) is 2. The zero-order valence-corrected chi connectivity index (χ0v) is 17.2. The molecule has 2 aliphatic rings. The van der Waals surface area contributed by atoms with Crippen LogP contribution in [-0.4, -0.2) is 51.4 Å². The van der Waals surface area contributed by atoms with E-state index in [1.54, 1.807) is 28.6 Å². The lowest BCUT2D eigenvalue weighted by molar-refractivity contribution is -0.896. The molecule has 1 aromatic rings. The van der Waals surface area contributed by atoms with Crippen molar-refractivity contribution in [1.29, 1.82) is 0 Å². The number of nitrogens with one attached hydrogen (secondary N) is 2. The van der Waals surface area contributed by atoms with Crippen molar-refractivity contribution in [2.75, 3.05) is 38.0 Å². The van der Waals surface area contributed by atoms with E-state index in [1.807, 2.05) is 0 Å². The number of anilines is 1. The van der Waals surface area contributed by atoms with E-state index in [4.69, 9.17) is 0 Å². The number of sulfonamides is 1. The average Bonchev–Trinajstić information content (AvgIpc) is 2.62. The molecule has 1 aromatic carbocycles. The van der Waals surface area contributed by atoms with Crippen molar-refractivity contribution in [3.05, 3.63) is 24.3 Å². The Morgan fingerprint density at radius 1 is 1.07 bits per heavy atom. The SMILES string of the molecule is C[C@@H]1C[C@@H](C)CN(S(=O)(=O)c2ccc(NC(=O)C[NH+]3CCCCC3)cc2)C1. The van der Waals surface area contributed by atoms with Crippen LogP contribution in [0.4, 0.5) is 5.69 Å². The van der Waals surface area contributed by atoms with Crippen molar-refractivity contribution in [2.24, 2.45) is 11.8 Å². The highest BCUT2D eigenvalue weighted by atomic mass is 32.2. The number of rotatable bonds is 5. The zero-order valence-electron chi connectivity index (χ0n) is 16.4. The van der Waals surface area contributed by atoms with Crippen LogP contribution in [0.3, 0.4) is 0 Å². The van der Waals surface area contributed by atoms with E-state index in [9.17, 15) is 13.2 Å². The molecular weight excluding hydrogens is 362 g/mol. The Balaban J connectivity index is 1.61. The summed E-state index contributed by atoms with van der Waals surface area (Å²) in [7, 11) is -3.48. The minimum absolute atomic E-state index is 0.0128. The monoisotopic (exact) mass is 394 g/mol. The van der Waals surface area contributed by atoms with Crippen LogP contribution in [0.2, 0.25) is 0 Å². The van der Waals surface area contributed by atoms with Gasteiger partial charge in [0.05, 0.1) is 18.0 Å². The highest BCUT2D eigenvalue weighted by molar-refractivity contribution is 7.89. The van der Waals surface area contributed by atoms with Crippen molar-refractivity contribution in [3.8, 4) is 0 Å². The second-order valence-corrected chi connectivity index (χ2v) is 10.3. The molecule has 2 N–H and O–H groups in total. The molecule has 2 saturated heterocycles. The number of benzene rings is 1. The van der Waals surface area contributed by atoms with Gasteiger partial charge in [-0.25, -0.2) is 8.42 Å². The Bertz CT molecular complexity index is 732. The average molecular weight is 395 g/mol. The van der Waals surface area contributed by atoms with Gasteiger partial charge in [-0.3, -0.25) is 4.79 Å². The van der Waals surface area contributed by atoms with Crippen molar-refractivity contribution in [1.82, 2.24) is 4.31 Å². The lowest BCUT2D eigenvalue weighted by atomic mass is 9.94. The lowest BCUT2D eigenvalue weighted by Crippen LogP contribution is -3.13. The van der Waals surface area contributed by atoms with Gasteiger partial charge in [0.1, 0.15) is 0 Å². The number of hydrogen-bond acceptors (Lipinski definition) is 3.